The van der Waals surface area contributed by atoms with E-state index in [9.17, 15) is 17.6 Å². The minimum absolute atomic E-state index is 0. The maximum absolute atomic E-state index is 14.2. The molecule has 1 saturated heterocycles. The lowest BCUT2D eigenvalue weighted by Gasteiger charge is -2.38. The van der Waals surface area contributed by atoms with Crippen molar-refractivity contribution < 1.29 is 27.1 Å². The van der Waals surface area contributed by atoms with Gasteiger partial charge < -0.3 is 14.8 Å². The van der Waals surface area contributed by atoms with E-state index in [-0.39, 0.29) is 47.5 Å². The number of hydrogen-bond donors (Lipinski definition) is 1. The minimum Gasteiger partial charge on any atom is -0.493 e. The van der Waals surface area contributed by atoms with Gasteiger partial charge in [-0.2, -0.15) is 0 Å². The van der Waals surface area contributed by atoms with Crippen molar-refractivity contribution in [3.05, 3.63) is 96.2 Å². The summed E-state index contributed by atoms with van der Waals surface area (Å²) in [6.07, 6.45) is 5.88. The van der Waals surface area contributed by atoms with Gasteiger partial charge in [0.1, 0.15) is 5.82 Å². The standard InChI is InChI=1S/C32H34FN5O5S.2ClH/c1-22-7-9-25(20-34-22)36-32(39)38(27-6-4-5-24(33)17-27)26-13-15-37(16-14-26)21-23-8-12-31(35-19-23)43-29-11-10-28(44(3,40)41)18-30(29)42-2;;/h4-12,17-20,26H,13-16,21H2,1-3H3,(H,36,39);2*1H. The molecule has 0 saturated carbocycles. The van der Waals surface area contributed by atoms with Crippen molar-refractivity contribution in [1.29, 1.82) is 0 Å². The third kappa shape index (κ3) is 9.29. The summed E-state index contributed by atoms with van der Waals surface area (Å²) in [4.78, 5) is 26.2. The highest BCUT2D eigenvalue weighted by Crippen LogP contribution is 2.33. The van der Waals surface area contributed by atoms with E-state index in [1.807, 2.05) is 19.1 Å². The van der Waals surface area contributed by atoms with Gasteiger partial charge in [-0.25, -0.2) is 22.6 Å². The number of hydrogen-bond acceptors (Lipinski definition) is 8. The summed E-state index contributed by atoms with van der Waals surface area (Å²) < 4.78 is 49.0. The molecule has 5 rings (SSSR count). The Bertz CT molecular complexity index is 1720. The minimum atomic E-state index is -3.38. The number of aryl methyl sites for hydroxylation is 1. The van der Waals surface area contributed by atoms with Crippen molar-refractivity contribution >= 4 is 52.1 Å². The van der Waals surface area contributed by atoms with Gasteiger partial charge in [0.2, 0.25) is 5.88 Å². The van der Waals surface area contributed by atoms with Crippen LogP contribution in [0.4, 0.5) is 20.6 Å². The number of likely N-dealkylation sites (tertiary alicyclic amines) is 1. The van der Waals surface area contributed by atoms with Gasteiger partial charge >= 0.3 is 6.03 Å². The van der Waals surface area contributed by atoms with Crippen LogP contribution in [0.15, 0.2) is 84.0 Å². The zero-order valence-electron chi connectivity index (χ0n) is 25.6. The number of rotatable bonds is 9. The third-order valence-electron chi connectivity index (χ3n) is 7.37. The van der Waals surface area contributed by atoms with Crippen LogP contribution in [-0.2, 0) is 16.4 Å². The number of ether oxygens (including phenoxy) is 2. The maximum Gasteiger partial charge on any atom is 0.326 e. The van der Waals surface area contributed by atoms with Crippen LogP contribution < -0.4 is 19.7 Å². The molecule has 0 radical (unpaired) electrons. The predicted molar refractivity (Wildman–Crippen MR) is 180 cm³/mol. The first-order valence-electron chi connectivity index (χ1n) is 14.1. The second kappa shape index (κ2) is 16.0. The highest BCUT2D eigenvalue weighted by molar-refractivity contribution is 7.90. The van der Waals surface area contributed by atoms with E-state index in [1.54, 1.807) is 47.6 Å². The first-order chi connectivity index (χ1) is 21.1. The molecule has 46 heavy (non-hydrogen) atoms. The molecule has 2 aromatic heterocycles. The van der Waals surface area contributed by atoms with E-state index < -0.39 is 15.7 Å². The molecule has 0 unspecified atom stereocenters. The third-order valence-corrected chi connectivity index (χ3v) is 8.48. The Hall–Kier alpha value is -3.97. The SMILES string of the molecule is COc1cc(S(C)(=O)=O)ccc1Oc1ccc(CN2CCC(N(C(=O)Nc3ccc(C)nc3)c3cccc(F)c3)CC2)cn1.Cl.Cl. The molecule has 4 aromatic rings. The van der Waals surface area contributed by atoms with Gasteiger partial charge in [0.05, 0.1) is 23.9 Å². The van der Waals surface area contributed by atoms with E-state index >= 15 is 0 Å². The first-order valence-corrected chi connectivity index (χ1v) is 16.0. The van der Waals surface area contributed by atoms with E-state index in [2.05, 4.69) is 20.2 Å². The van der Waals surface area contributed by atoms with Crippen LogP contribution in [0, 0.1) is 12.7 Å². The summed E-state index contributed by atoms with van der Waals surface area (Å²) in [5, 5.41) is 2.91. The van der Waals surface area contributed by atoms with E-state index in [4.69, 9.17) is 9.47 Å². The molecule has 0 bridgehead atoms. The van der Waals surface area contributed by atoms with E-state index in [1.165, 1.54) is 31.4 Å². The molecule has 3 heterocycles. The number of piperidine rings is 1. The summed E-state index contributed by atoms with van der Waals surface area (Å²) in [5.41, 5.74) is 2.91. The number of aromatic nitrogens is 2. The molecule has 2 aromatic carbocycles. The van der Waals surface area contributed by atoms with Crippen molar-refractivity contribution in [2.45, 2.75) is 37.2 Å². The lowest BCUT2D eigenvalue weighted by Crippen LogP contribution is -2.49. The number of carbonyl (C=O) groups is 1. The smallest absolute Gasteiger partial charge is 0.326 e. The fourth-order valence-corrected chi connectivity index (χ4v) is 5.72. The molecule has 246 valence electrons. The number of anilines is 2. The number of halogens is 3. The Kier molecular flexibility index (Phi) is 12.7. The summed E-state index contributed by atoms with van der Waals surface area (Å²) in [5.74, 6) is 0.586. The van der Waals surface area contributed by atoms with Crippen molar-refractivity contribution in [3.8, 4) is 17.4 Å². The normalized spacial score (nSPS) is 13.6. The van der Waals surface area contributed by atoms with Crippen LogP contribution in [0.1, 0.15) is 24.1 Å². The molecular formula is C32H36Cl2FN5O5S. The Morgan fingerprint density at radius 1 is 1.00 bits per heavy atom. The number of sulfone groups is 1. The second-order valence-corrected chi connectivity index (χ2v) is 12.7. The Morgan fingerprint density at radius 2 is 1.76 bits per heavy atom. The van der Waals surface area contributed by atoms with Gasteiger partial charge in [0.25, 0.3) is 0 Å². The number of urea groups is 1. The largest absolute Gasteiger partial charge is 0.493 e. The van der Waals surface area contributed by atoms with E-state index in [0.717, 1.165) is 30.6 Å². The quantitative estimate of drug-likeness (QED) is 0.207. The van der Waals surface area contributed by atoms with Crippen LogP contribution in [0.5, 0.6) is 17.4 Å². The molecule has 0 aliphatic carbocycles. The number of nitrogens with one attached hydrogen (secondary N) is 1. The van der Waals surface area contributed by atoms with Crippen molar-refractivity contribution in [2.24, 2.45) is 0 Å². The molecule has 1 aliphatic rings. The van der Waals surface area contributed by atoms with Crippen LogP contribution in [0.3, 0.4) is 0 Å². The molecular weight excluding hydrogens is 656 g/mol. The number of carbonyl (C=O) groups excluding carboxylic acids is 1. The first kappa shape index (κ1) is 36.5. The highest BCUT2D eigenvalue weighted by atomic mass is 35.5. The molecule has 0 atom stereocenters. The van der Waals surface area contributed by atoms with Gasteiger partial charge in [-0.3, -0.25) is 14.8 Å². The summed E-state index contributed by atoms with van der Waals surface area (Å²) >= 11 is 0. The zero-order valence-corrected chi connectivity index (χ0v) is 28.0. The summed E-state index contributed by atoms with van der Waals surface area (Å²) in [7, 11) is -1.94. The summed E-state index contributed by atoms with van der Waals surface area (Å²) in [6.45, 7) is 4.00. The lowest BCUT2D eigenvalue weighted by atomic mass is 10.0. The second-order valence-electron chi connectivity index (χ2n) is 10.7. The number of pyridine rings is 2. The Balaban J connectivity index is 0.00000288. The number of benzene rings is 2. The number of methoxy groups -OCH3 is 1. The van der Waals surface area contributed by atoms with Crippen molar-refractivity contribution in [2.75, 3.05) is 36.7 Å². The molecule has 1 N–H and O–H groups in total. The molecule has 1 fully saturated rings. The predicted octanol–water partition coefficient (Wildman–Crippen LogP) is 6.68. The molecule has 14 heteroatoms. The molecule has 10 nitrogen and oxygen atoms in total. The van der Waals surface area contributed by atoms with Crippen molar-refractivity contribution in [1.82, 2.24) is 14.9 Å². The lowest BCUT2D eigenvalue weighted by molar-refractivity contribution is 0.199. The van der Waals surface area contributed by atoms with Gasteiger partial charge in [0.15, 0.2) is 21.3 Å². The molecule has 0 spiro atoms. The highest BCUT2D eigenvalue weighted by Gasteiger charge is 2.30. The van der Waals surface area contributed by atoms with E-state index in [0.29, 0.717) is 42.4 Å². The number of amides is 2. The van der Waals surface area contributed by atoms with Crippen molar-refractivity contribution in [3.63, 3.8) is 0 Å². The van der Waals surface area contributed by atoms with Crippen LogP contribution in [0.25, 0.3) is 0 Å². The zero-order chi connectivity index (χ0) is 31.3. The van der Waals surface area contributed by atoms with Crippen LogP contribution in [0.2, 0.25) is 0 Å². The van der Waals surface area contributed by atoms with Gasteiger partial charge in [0, 0.05) is 61.6 Å². The van der Waals surface area contributed by atoms with Crippen LogP contribution in [-0.4, -0.2) is 61.8 Å². The molecule has 1 aliphatic heterocycles. The summed E-state index contributed by atoms with van der Waals surface area (Å²) in [6, 6.07) is 17.4. The Morgan fingerprint density at radius 3 is 2.37 bits per heavy atom. The van der Waals surface area contributed by atoms with Gasteiger partial charge in [-0.1, -0.05) is 12.1 Å². The maximum atomic E-state index is 14.2. The van der Waals surface area contributed by atoms with Gasteiger partial charge in [-0.15, -0.1) is 24.8 Å². The fourth-order valence-electron chi connectivity index (χ4n) is 5.08. The molecule has 2 amide bonds. The Labute approximate surface area is 280 Å². The van der Waals surface area contributed by atoms with Crippen LogP contribution >= 0.6 is 24.8 Å². The number of nitrogens with zero attached hydrogens (tertiary/aromatic N) is 4. The topological polar surface area (TPSA) is 114 Å². The van der Waals surface area contributed by atoms with Gasteiger partial charge in [-0.05, 0) is 67.8 Å². The average Bonchev–Trinajstić information content (AvgIpc) is 3.00. The average molecular weight is 693 g/mol. The fraction of sp³-hybridized carbons (Fsp3) is 0.281. The monoisotopic (exact) mass is 691 g/mol.